The van der Waals surface area contributed by atoms with E-state index in [0.717, 1.165) is 18.8 Å². The van der Waals surface area contributed by atoms with E-state index in [0.29, 0.717) is 30.2 Å². The van der Waals surface area contributed by atoms with E-state index in [1.165, 1.54) is 6.20 Å². The molecule has 1 fully saturated rings. The minimum atomic E-state index is -0.201. The Kier molecular flexibility index (Phi) is 4.20. The Labute approximate surface area is 128 Å². The molecule has 1 amide bonds. The number of hydrogen-bond donors (Lipinski definition) is 2. The average Bonchev–Trinajstić information content (AvgIpc) is 2.56. The number of benzene rings is 1. The summed E-state index contributed by atoms with van der Waals surface area (Å²) in [5.74, 6) is -0.201. The Morgan fingerprint density at radius 3 is 2.82 bits per heavy atom. The van der Waals surface area contributed by atoms with Gasteiger partial charge in [0.25, 0.3) is 5.91 Å². The molecule has 0 aliphatic carbocycles. The lowest BCUT2D eigenvalue weighted by Crippen LogP contribution is -2.36. The number of nitrogens with zero attached hydrogens (tertiary/aromatic N) is 2. The number of pyridine rings is 1. The van der Waals surface area contributed by atoms with Crippen LogP contribution in [0.25, 0.3) is 0 Å². The lowest BCUT2D eigenvalue weighted by Gasteiger charge is -2.30. The van der Waals surface area contributed by atoms with Crippen molar-refractivity contribution >= 4 is 23.0 Å². The highest BCUT2D eigenvalue weighted by Gasteiger charge is 2.17. The third-order valence-corrected chi connectivity index (χ3v) is 3.54. The van der Waals surface area contributed by atoms with E-state index >= 15 is 0 Å². The second-order valence-corrected chi connectivity index (χ2v) is 5.07. The standard InChI is InChI=1S/C16H18N4O2/c17-13-3-4-15(20-6-8-22-9-7-20)14(10-13)19-16(21)12-2-1-5-18-11-12/h1-5,10-11H,6-9,17H2,(H,19,21). The van der Waals surface area contributed by atoms with Gasteiger partial charge in [0.2, 0.25) is 0 Å². The van der Waals surface area contributed by atoms with Crippen molar-refractivity contribution in [3.8, 4) is 0 Å². The number of carbonyl (C=O) groups is 1. The number of carbonyl (C=O) groups excluding carboxylic acids is 1. The van der Waals surface area contributed by atoms with Crippen molar-refractivity contribution in [3.63, 3.8) is 0 Å². The van der Waals surface area contributed by atoms with Gasteiger partial charge < -0.3 is 20.7 Å². The van der Waals surface area contributed by atoms with Gasteiger partial charge in [0, 0.05) is 31.2 Å². The summed E-state index contributed by atoms with van der Waals surface area (Å²) in [6, 6.07) is 9.00. The Hall–Kier alpha value is -2.60. The van der Waals surface area contributed by atoms with E-state index in [4.69, 9.17) is 10.5 Å². The van der Waals surface area contributed by atoms with Gasteiger partial charge in [-0.25, -0.2) is 0 Å². The van der Waals surface area contributed by atoms with Gasteiger partial charge in [0.05, 0.1) is 30.2 Å². The fourth-order valence-corrected chi connectivity index (χ4v) is 2.43. The van der Waals surface area contributed by atoms with Crippen molar-refractivity contribution in [3.05, 3.63) is 48.3 Å². The summed E-state index contributed by atoms with van der Waals surface area (Å²) in [5.41, 5.74) is 8.64. The number of aromatic nitrogens is 1. The predicted octanol–water partition coefficient (Wildman–Crippen LogP) is 1.75. The van der Waals surface area contributed by atoms with Crippen molar-refractivity contribution < 1.29 is 9.53 Å². The van der Waals surface area contributed by atoms with Gasteiger partial charge in [-0.05, 0) is 30.3 Å². The zero-order valence-electron chi connectivity index (χ0n) is 12.2. The zero-order chi connectivity index (χ0) is 15.4. The van der Waals surface area contributed by atoms with Crippen LogP contribution in [0.1, 0.15) is 10.4 Å². The highest BCUT2D eigenvalue weighted by molar-refractivity contribution is 6.06. The van der Waals surface area contributed by atoms with Crippen molar-refractivity contribution in [1.82, 2.24) is 4.98 Å². The van der Waals surface area contributed by atoms with E-state index in [9.17, 15) is 4.79 Å². The number of rotatable bonds is 3. The molecule has 114 valence electrons. The van der Waals surface area contributed by atoms with Crippen molar-refractivity contribution in [2.45, 2.75) is 0 Å². The molecule has 3 rings (SSSR count). The lowest BCUT2D eigenvalue weighted by atomic mass is 10.2. The predicted molar refractivity (Wildman–Crippen MR) is 86.1 cm³/mol. The number of ether oxygens (including phenoxy) is 1. The highest BCUT2D eigenvalue weighted by Crippen LogP contribution is 2.29. The Balaban J connectivity index is 1.85. The first-order valence-corrected chi connectivity index (χ1v) is 7.17. The van der Waals surface area contributed by atoms with E-state index in [1.54, 1.807) is 24.4 Å². The minimum Gasteiger partial charge on any atom is -0.399 e. The second kappa shape index (κ2) is 6.44. The molecule has 2 heterocycles. The molecule has 0 saturated carbocycles. The maximum Gasteiger partial charge on any atom is 0.257 e. The maximum absolute atomic E-state index is 12.3. The Morgan fingerprint density at radius 1 is 1.27 bits per heavy atom. The Bertz CT molecular complexity index is 654. The van der Waals surface area contributed by atoms with Gasteiger partial charge in [-0.3, -0.25) is 9.78 Å². The number of amides is 1. The van der Waals surface area contributed by atoms with Crippen LogP contribution in [-0.4, -0.2) is 37.2 Å². The first-order chi connectivity index (χ1) is 10.7. The maximum atomic E-state index is 12.3. The van der Waals surface area contributed by atoms with E-state index in [-0.39, 0.29) is 5.91 Å². The third-order valence-electron chi connectivity index (χ3n) is 3.54. The topological polar surface area (TPSA) is 80.5 Å². The molecule has 1 saturated heterocycles. The fourth-order valence-electron chi connectivity index (χ4n) is 2.43. The van der Waals surface area contributed by atoms with Crippen LogP contribution in [0.2, 0.25) is 0 Å². The molecule has 0 unspecified atom stereocenters. The monoisotopic (exact) mass is 298 g/mol. The summed E-state index contributed by atoms with van der Waals surface area (Å²) in [6.45, 7) is 2.94. The van der Waals surface area contributed by atoms with Crippen molar-refractivity contribution in [2.75, 3.05) is 42.3 Å². The molecule has 1 aromatic heterocycles. The van der Waals surface area contributed by atoms with Gasteiger partial charge >= 0.3 is 0 Å². The number of morpholine rings is 1. The molecule has 1 aromatic carbocycles. The lowest BCUT2D eigenvalue weighted by molar-refractivity contribution is 0.102. The van der Waals surface area contributed by atoms with Crippen LogP contribution in [0.3, 0.4) is 0 Å². The summed E-state index contributed by atoms with van der Waals surface area (Å²) >= 11 is 0. The minimum absolute atomic E-state index is 0.201. The smallest absolute Gasteiger partial charge is 0.257 e. The Morgan fingerprint density at radius 2 is 2.09 bits per heavy atom. The SMILES string of the molecule is Nc1ccc(N2CCOCC2)c(NC(=O)c2cccnc2)c1. The van der Waals surface area contributed by atoms with Gasteiger partial charge in [-0.2, -0.15) is 0 Å². The quantitative estimate of drug-likeness (QED) is 0.844. The number of nitrogen functional groups attached to an aromatic ring is 1. The first kappa shape index (κ1) is 14.3. The first-order valence-electron chi connectivity index (χ1n) is 7.17. The number of nitrogens with one attached hydrogen (secondary N) is 1. The summed E-state index contributed by atoms with van der Waals surface area (Å²) in [4.78, 5) is 18.5. The summed E-state index contributed by atoms with van der Waals surface area (Å²) in [6.07, 6.45) is 3.17. The molecule has 6 heteroatoms. The summed E-state index contributed by atoms with van der Waals surface area (Å²) < 4.78 is 5.37. The second-order valence-electron chi connectivity index (χ2n) is 5.07. The molecule has 0 radical (unpaired) electrons. The van der Waals surface area contributed by atoms with Crippen LogP contribution in [0.5, 0.6) is 0 Å². The zero-order valence-corrected chi connectivity index (χ0v) is 12.2. The summed E-state index contributed by atoms with van der Waals surface area (Å²) in [7, 11) is 0. The molecule has 0 atom stereocenters. The molecular formula is C16H18N4O2. The molecule has 0 bridgehead atoms. The third kappa shape index (κ3) is 3.17. The van der Waals surface area contributed by atoms with E-state index in [1.807, 2.05) is 12.1 Å². The molecule has 22 heavy (non-hydrogen) atoms. The fraction of sp³-hybridized carbons (Fsp3) is 0.250. The summed E-state index contributed by atoms with van der Waals surface area (Å²) in [5, 5.41) is 2.92. The molecule has 3 N–H and O–H groups in total. The van der Waals surface area contributed by atoms with Gasteiger partial charge in [-0.1, -0.05) is 0 Å². The van der Waals surface area contributed by atoms with Crippen molar-refractivity contribution in [1.29, 1.82) is 0 Å². The highest BCUT2D eigenvalue weighted by atomic mass is 16.5. The molecule has 1 aliphatic heterocycles. The van der Waals surface area contributed by atoms with Crippen LogP contribution >= 0.6 is 0 Å². The van der Waals surface area contributed by atoms with Crippen LogP contribution in [0.4, 0.5) is 17.1 Å². The number of nitrogens with two attached hydrogens (primary N) is 1. The van der Waals surface area contributed by atoms with E-state index < -0.39 is 0 Å². The van der Waals surface area contributed by atoms with Crippen LogP contribution < -0.4 is 16.0 Å². The van der Waals surface area contributed by atoms with Gasteiger partial charge in [0.1, 0.15) is 0 Å². The largest absolute Gasteiger partial charge is 0.399 e. The van der Waals surface area contributed by atoms with Crippen LogP contribution in [0.15, 0.2) is 42.7 Å². The normalized spacial score (nSPS) is 14.6. The molecule has 1 aliphatic rings. The van der Waals surface area contributed by atoms with Gasteiger partial charge in [-0.15, -0.1) is 0 Å². The van der Waals surface area contributed by atoms with Gasteiger partial charge in [0.15, 0.2) is 0 Å². The number of anilines is 3. The van der Waals surface area contributed by atoms with Crippen molar-refractivity contribution in [2.24, 2.45) is 0 Å². The van der Waals surface area contributed by atoms with E-state index in [2.05, 4.69) is 15.2 Å². The number of hydrogen-bond acceptors (Lipinski definition) is 5. The molecule has 2 aromatic rings. The molecule has 0 spiro atoms. The van der Waals surface area contributed by atoms with Crippen LogP contribution in [0, 0.1) is 0 Å². The molecular weight excluding hydrogens is 280 g/mol. The van der Waals surface area contributed by atoms with Crippen LogP contribution in [-0.2, 0) is 4.74 Å². The average molecular weight is 298 g/mol. The molecule has 6 nitrogen and oxygen atoms in total.